The fraction of sp³-hybridized carbons (Fsp3) is 0.545. The summed E-state index contributed by atoms with van der Waals surface area (Å²) in [4.78, 5) is 8.75. The van der Waals surface area contributed by atoms with Crippen LogP contribution >= 0.6 is 0 Å². The normalized spacial score (nSPS) is 10.8. The number of fused-ring (bicyclic) bond motifs is 1. The van der Waals surface area contributed by atoms with Crippen molar-refractivity contribution in [2.24, 2.45) is 0 Å². The maximum Gasteiger partial charge on any atom is 0.226 e. The van der Waals surface area contributed by atoms with Crippen LogP contribution in [0.25, 0.3) is 11.0 Å². The molecular formula is C11H18N6O. The van der Waals surface area contributed by atoms with Crippen LogP contribution in [0.5, 0.6) is 0 Å². The molecule has 0 aliphatic heterocycles. The van der Waals surface area contributed by atoms with Gasteiger partial charge in [0.05, 0.1) is 11.6 Å². The molecule has 0 fully saturated rings. The number of rotatable bonds is 7. The fourth-order valence-electron chi connectivity index (χ4n) is 1.63. The number of ether oxygens (including phenoxy) is 1. The maximum absolute atomic E-state index is 5.01. The largest absolute Gasteiger partial charge is 0.385 e. The fourth-order valence-corrected chi connectivity index (χ4v) is 1.63. The molecule has 0 amide bonds. The molecule has 18 heavy (non-hydrogen) atoms. The van der Waals surface area contributed by atoms with E-state index in [4.69, 9.17) is 4.74 Å². The average molecular weight is 250 g/mol. The predicted octanol–water partition coefficient (Wildman–Crippen LogP) is 1.23. The van der Waals surface area contributed by atoms with Crippen molar-refractivity contribution in [3.63, 3.8) is 0 Å². The van der Waals surface area contributed by atoms with Crippen molar-refractivity contribution in [2.75, 3.05) is 37.4 Å². The molecule has 0 unspecified atom stereocenters. The van der Waals surface area contributed by atoms with Crippen molar-refractivity contribution in [1.29, 1.82) is 0 Å². The number of hydrogen-bond acceptors (Lipinski definition) is 6. The van der Waals surface area contributed by atoms with Gasteiger partial charge in [0.15, 0.2) is 5.65 Å². The minimum atomic E-state index is 0.600. The first-order valence-electron chi connectivity index (χ1n) is 6.03. The number of anilines is 2. The van der Waals surface area contributed by atoms with Crippen molar-refractivity contribution in [3.8, 4) is 0 Å². The standard InChI is InChI=1S/C11H18N6O/c1-3-12-11-15-9(13-5-4-6-18-2)8-7-14-17-10(8)16-11/h7H,3-6H2,1-2H3,(H3,12,13,14,15,16,17). The number of H-pyrrole nitrogens is 1. The first-order valence-corrected chi connectivity index (χ1v) is 6.03. The Balaban J connectivity index is 2.15. The Morgan fingerprint density at radius 2 is 2.22 bits per heavy atom. The van der Waals surface area contributed by atoms with Gasteiger partial charge in [-0.2, -0.15) is 15.1 Å². The third-order valence-electron chi connectivity index (χ3n) is 2.46. The summed E-state index contributed by atoms with van der Waals surface area (Å²) in [6.45, 7) is 4.32. The lowest BCUT2D eigenvalue weighted by Crippen LogP contribution is -2.09. The van der Waals surface area contributed by atoms with E-state index in [2.05, 4.69) is 30.8 Å². The topological polar surface area (TPSA) is 87.8 Å². The molecule has 0 atom stereocenters. The van der Waals surface area contributed by atoms with Crippen LogP contribution in [0.4, 0.5) is 11.8 Å². The summed E-state index contributed by atoms with van der Waals surface area (Å²) in [6, 6.07) is 0. The van der Waals surface area contributed by atoms with Crippen molar-refractivity contribution in [3.05, 3.63) is 6.20 Å². The molecule has 0 aliphatic carbocycles. The van der Waals surface area contributed by atoms with Crippen LogP contribution in [0.1, 0.15) is 13.3 Å². The zero-order chi connectivity index (χ0) is 12.8. The second-order valence-corrected chi connectivity index (χ2v) is 3.83. The zero-order valence-electron chi connectivity index (χ0n) is 10.7. The van der Waals surface area contributed by atoms with Crippen molar-refractivity contribution in [1.82, 2.24) is 20.2 Å². The van der Waals surface area contributed by atoms with Crippen molar-refractivity contribution in [2.45, 2.75) is 13.3 Å². The van der Waals surface area contributed by atoms with Crippen LogP contribution in [0.15, 0.2) is 6.20 Å². The quantitative estimate of drug-likeness (QED) is 0.641. The molecule has 2 rings (SSSR count). The van der Waals surface area contributed by atoms with E-state index in [1.54, 1.807) is 13.3 Å². The van der Waals surface area contributed by atoms with Crippen LogP contribution < -0.4 is 10.6 Å². The summed E-state index contributed by atoms with van der Waals surface area (Å²) in [5.74, 6) is 1.39. The molecule has 0 saturated heterocycles. The Hall–Kier alpha value is -1.89. The molecule has 0 aliphatic rings. The highest BCUT2D eigenvalue weighted by molar-refractivity contribution is 5.86. The summed E-state index contributed by atoms with van der Waals surface area (Å²) in [7, 11) is 1.70. The van der Waals surface area contributed by atoms with Crippen LogP contribution in [0.3, 0.4) is 0 Å². The molecule has 98 valence electrons. The average Bonchev–Trinajstić information content (AvgIpc) is 2.83. The Kier molecular flexibility index (Phi) is 4.30. The Morgan fingerprint density at radius 3 is 3.00 bits per heavy atom. The molecule has 0 spiro atoms. The van der Waals surface area contributed by atoms with E-state index in [0.717, 1.165) is 43.0 Å². The maximum atomic E-state index is 5.01. The molecule has 3 N–H and O–H groups in total. The number of aromatic amines is 1. The molecule has 2 aromatic heterocycles. The van der Waals surface area contributed by atoms with E-state index >= 15 is 0 Å². The van der Waals surface area contributed by atoms with Gasteiger partial charge in [0.2, 0.25) is 5.95 Å². The van der Waals surface area contributed by atoms with Gasteiger partial charge in [-0.15, -0.1) is 0 Å². The predicted molar refractivity (Wildman–Crippen MR) is 70.8 cm³/mol. The third kappa shape index (κ3) is 2.86. The Bertz CT molecular complexity index is 497. The molecule has 7 heteroatoms. The highest BCUT2D eigenvalue weighted by Gasteiger charge is 2.08. The lowest BCUT2D eigenvalue weighted by Gasteiger charge is -2.08. The van der Waals surface area contributed by atoms with Gasteiger partial charge in [0.25, 0.3) is 0 Å². The van der Waals surface area contributed by atoms with E-state index in [1.165, 1.54) is 0 Å². The number of nitrogens with one attached hydrogen (secondary N) is 3. The van der Waals surface area contributed by atoms with E-state index in [0.29, 0.717) is 5.95 Å². The minimum absolute atomic E-state index is 0.600. The molecule has 0 radical (unpaired) electrons. The number of aromatic nitrogens is 4. The van der Waals surface area contributed by atoms with E-state index in [9.17, 15) is 0 Å². The van der Waals surface area contributed by atoms with Gasteiger partial charge in [-0.05, 0) is 13.3 Å². The molecular weight excluding hydrogens is 232 g/mol. The lowest BCUT2D eigenvalue weighted by atomic mass is 10.3. The smallest absolute Gasteiger partial charge is 0.226 e. The number of methoxy groups -OCH3 is 1. The summed E-state index contributed by atoms with van der Waals surface area (Å²) < 4.78 is 5.01. The highest BCUT2D eigenvalue weighted by atomic mass is 16.5. The van der Waals surface area contributed by atoms with E-state index in [-0.39, 0.29) is 0 Å². The first kappa shape index (κ1) is 12.6. The molecule has 7 nitrogen and oxygen atoms in total. The van der Waals surface area contributed by atoms with Crippen LogP contribution in [0, 0.1) is 0 Å². The molecule has 0 bridgehead atoms. The SMILES string of the molecule is CCNc1nc(NCCCOC)c2cn[nH]c2n1. The monoisotopic (exact) mass is 250 g/mol. The van der Waals surface area contributed by atoms with E-state index in [1.807, 2.05) is 6.92 Å². The molecule has 2 aromatic rings. The number of hydrogen-bond donors (Lipinski definition) is 3. The Labute approximate surface area is 105 Å². The van der Waals surface area contributed by atoms with Gasteiger partial charge in [0.1, 0.15) is 5.82 Å². The summed E-state index contributed by atoms with van der Waals surface area (Å²) in [6.07, 6.45) is 2.65. The van der Waals surface area contributed by atoms with Crippen LogP contribution in [0.2, 0.25) is 0 Å². The van der Waals surface area contributed by atoms with Gasteiger partial charge in [-0.1, -0.05) is 0 Å². The van der Waals surface area contributed by atoms with Gasteiger partial charge in [-0.3, -0.25) is 5.10 Å². The van der Waals surface area contributed by atoms with Crippen molar-refractivity contribution >= 4 is 22.8 Å². The summed E-state index contributed by atoms with van der Waals surface area (Å²) in [5.41, 5.74) is 0.732. The van der Waals surface area contributed by atoms with Gasteiger partial charge >= 0.3 is 0 Å². The third-order valence-corrected chi connectivity index (χ3v) is 2.46. The molecule has 2 heterocycles. The highest BCUT2D eigenvalue weighted by Crippen LogP contribution is 2.19. The van der Waals surface area contributed by atoms with Gasteiger partial charge < -0.3 is 15.4 Å². The van der Waals surface area contributed by atoms with Crippen molar-refractivity contribution < 1.29 is 4.74 Å². The first-order chi connectivity index (χ1) is 8.85. The van der Waals surface area contributed by atoms with E-state index < -0.39 is 0 Å². The minimum Gasteiger partial charge on any atom is -0.385 e. The summed E-state index contributed by atoms with van der Waals surface area (Å²) >= 11 is 0. The summed E-state index contributed by atoms with van der Waals surface area (Å²) in [5, 5.41) is 14.1. The van der Waals surface area contributed by atoms with Gasteiger partial charge in [-0.25, -0.2) is 0 Å². The number of nitrogens with zero attached hydrogens (tertiary/aromatic N) is 3. The molecule has 0 aromatic carbocycles. The Morgan fingerprint density at radius 1 is 1.33 bits per heavy atom. The van der Waals surface area contributed by atoms with Crippen LogP contribution in [-0.4, -0.2) is 47.0 Å². The zero-order valence-corrected chi connectivity index (χ0v) is 10.7. The second-order valence-electron chi connectivity index (χ2n) is 3.83. The van der Waals surface area contributed by atoms with Gasteiger partial charge in [0, 0.05) is 26.8 Å². The second kappa shape index (κ2) is 6.15. The lowest BCUT2D eigenvalue weighted by molar-refractivity contribution is 0.198. The molecule has 0 saturated carbocycles. The van der Waals surface area contributed by atoms with Crippen LogP contribution in [-0.2, 0) is 4.74 Å².